The van der Waals surface area contributed by atoms with Crippen LogP contribution in [0.25, 0.3) is 16.5 Å². The lowest BCUT2D eigenvalue weighted by molar-refractivity contribution is 0.414. The number of hydrogen-bond donors (Lipinski definition) is 0. The lowest BCUT2D eigenvalue weighted by Crippen LogP contribution is -2.08. The van der Waals surface area contributed by atoms with Gasteiger partial charge >= 0.3 is 5.63 Å². The maximum atomic E-state index is 12.1. The highest BCUT2D eigenvalue weighted by molar-refractivity contribution is 6.22. The molecule has 0 saturated carbocycles. The molecule has 0 fully saturated rings. The van der Waals surface area contributed by atoms with Crippen molar-refractivity contribution in [1.82, 2.24) is 0 Å². The Kier molecular flexibility index (Phi) is 3.36. The maximum Gasteiger partial charge on any atom is 0.344 e. The van der Waals surface area contributed by atoms with Crippen molar-refractivity contribution in [2.75, 3.05) is 7.11 Å². The van der Waals surface area contributed by atoms with E-state index in [0.29, 0.717) is 23.3 Å². The fourth-order valence-corrected chi connectivity index (χ4v) is 2.38. The smallest absolute Gasteiger partial charge is 0.344 e. The molecule has 3 nitrogen and oxygen atoms in total. The molecule has 1 unspecified atom stereocenters. The zero-order chi connectivity index (χ0) is 14.1. The number of rotatable bonds is 2. The van der Waals surface area contributed by atoms with Gasteiger partial charge in [0, 0.05) is 11.5 Å². The average molecular weight is 289 g/mol. The number of methoxy groups -OCH3 is 1. The number of halogens is 1. The molecule has 3 rings (SSSR count). The summed E-state index contributed by atoms with van der Waals surface area (Å²) in [5.41, 5.74) is 1.58. The first kappa shape index (κ1) is 13.0. The lowest BCUT2D eigenvalue weighted by Gasteiger charge is -2.10. The Labute approximate surface area is 121 Å². The molecule has 1 aliphatic rings. The second-order valence-corrected chi connectivity index (χ2v) is 5.18. The van der Waals surface area contributed by atoms with Crippen LogP contribution in [0.3, 0.4) is 0 Å². The first-order valence-electron chi connectivity index (χ1n) is 6.32. The van der Waals surface area contributed by atoms with Crippen LogP contribution in [0.2, 0.25) is 0 Å². The third-order valence-electron chi connectivity index (χ3n) is 3.30. The fraction of sp³-hybridized carbons (Fsp3) is 0.188. The van der Waals surface area contributed by atoms with Gasteiger partial charge < -0.3 is 9.15 Å². The minimum atomic E-state index is -0.352. The van der Waals surface area contributed by atoms with Crippen LogP contribution < -0.4 is 10.4 Å². The summed E-state index contributed by atoms with van der Waals surface area (Å²) in [5.74, 6) is 0.662. The number of hydrogen-bond acceptors (Lipinski definition) is 3. The van der Waals surface area contributed by atoms with Crippen molar-refractivity contribution in [3.8, 4) is 5.75 Å². The molecule has 0 aliphatic heterocycles. The number of benzene rings is 1. The van der Waals surface area contributed by atoms with Crippen LogP contribution in [0.1, 0.15) is 12.0 Å². The number of alkyl halides is 1. The molecule has 1 aromatic heterocycles. The van der Waals surface area contributed by atoms with Gasteiger partial charge in [-0.1, -0.05) is 18.2 Å². The lowest BCUT2D eigenvalue weighted by atomic mass is 10.00. The first-order valence-corrected chi connectivity index (χ1v) is 6.76. The van der Waals surface area contributed by atoms with Crippen LogP contribution in [0, 0.1) is 0 Å². The Balaban J connectivity index is 2.12. The molecule has 1 heterocycles. The van der Waals surface area contributed by atoms with E-state index in [0.717, 1.165) is 11.0 Å². The van der Waals surface area contributed by atoms with Crippen molar-refractivity contribution in [3.05, 3.63) is 58.5 Å². The molecule has 1 atom stereocenters. The minimum Gasteiger partial charge on any atom is -0.497 e. The molecule has 0 bridgehead atoms. The van der Waals surface area contributed by atoms with Gasteiger partial charge in [-0.15, -0.1) is 11.6 Å². The molecule has 2 aromatic rings. The van der Waals surface area contributed by atoms with Gasteiger partial charge in [0.2, 0.25) is 0 Å². The summed E-state index contributed by atoms with van der Waals surface area (Å²) in [4.78, 5) is 12.1. The Hall–Kier alpha value is -2.00. The summed E-state index contributed by atoms with van der Waals surface area (Å²) in [6.07, 6.45) is 6.42. The van der Waals surface area contributed by atoms with E-state index in [1.165, 1.54) is 0 Å². The highest BCUT2D eigenvalue weighted by atomic mass is 35.5. The monoisotopic (exact) mass is 288 g/mol. The van der Waals surface area contributed by atoms with Crippen LogP contribution in [0.4, 0.5) is 0 Å². The summed E-state index contributed by atoms with van der Waals surface area (Å²) in [6, 6.07) is 7.26. The third kappa shape index (κ3) is 2.37. The largest absolute Gasteiger partial charge is 0.497 e. The van der Waals surface area contributed by atoms with Gasteiger partial charge in [-0.2, -0.15) is 0 Å². The van der Waals surface area contributed by atoms with Crippen molar-refractivity contribution in [2.24, 2.45) is 0 Å². The molecular weight excluding hydrogens is 276 g/mol. The molecular formula is C16H13ClO3. The fourth-order valence-electron chi connectivity index (χ4n) is 2.21. The molecule has 20 heavy (non-hydrogen) atoms. The van der Waals surface area contributed by atoms with Gasteiger partial charge in [0.1, 0.15) is 11.3 Å². The zero-order valence-electron chi connectivity index (χ0n) is 10.9. The van der Waals surface area contributed by atoms with E-state index in [9.17, 15) is 4.79 Å². The van der Waals surface area contributed by atoms with Crippen LogP contribution >= 0.6 is 11.6 Å². The standard InChI is InChI=1S/C16H13ClO3/c1-19-13-7-4-11-8-14(16(18)20-15(11)9-13)10-2-5-12(17)6-3-10/h2-5,7-9,12H,6H2,1H3. The Morgan fingerprint density at radius 1 is 1.35 bits per heavy atom. The minimum absolute atomic E-state index is 0.00416. The Morgan fingerprint density at radius 2 is 2.20 bits per heavy atom. The molecule has 0 radical (unpaired) electrons. The molecule has 1 aromatic carbocycles. The number of ether oxygens (including phenoxy) is 1. The molecule has 0 N–H and O–H groups in total. The van der Waals surface area contributed by atoms with Crippen LogP contribution in [0.5, 0.6) is 5.75 Å². The van der Waals surface area contributed by atoms with Crippen LogP contribution in [-0.2, 0) is 0 Å². The normalized spacial score (nSPS) is 18.1. The van der Waals surface area contributed by atoms with Crippen molar-refractivity contribution in [1.29, 1.82) is 0 Å². The van der Waals surface area contributed by atoms with Gasteiger partial charge in [-0.05, 0) is 30.2 Å². The zero-order valence-corrected chi connectivity index (χ0v) is 11.7. The quantitative estimate of drug-likeness (QED) is 0.624. The number of fused-ring (bicyclic) bond motifs is 1. The highest BCUT2D eigenvalue weighted by Gasteiger charge is 2.12. The summed E-state index contributed by atoms with van der Waals surface area (Å²) in [7, 11) is 1.58. The van der Waals surface area contributed by atoms with E-state index in [2.05, 4.69) is 0 Å². The molecule has 1 aliphatic carbocycles. The SMILES string of the molecule is COc1ccc2cc(C3=CCC(Cl)C=C3)c(=O)oc2c1. The predicted octanol–water partition coefficient (Wildman–Crippen LogP) is 3.75. The second-order valence-electron chi connectivity index (χ2n) is 4.62. The van der Waals surface area contributed by atoms with Crippen molar-refractivity contribution in [2.45, 2.75) is 11.8 Å². The van der Waals surface area contributed by atoms with Crippen molar-refractivity contribution in [3.63, 3.8) is 0 Å². The molecule has 0 amide bonds. The van der Waals surface area contributed by atoms with Crippen molar-refractivity contribution >= 4 is 28.1 Å². The van der Waals surface area contributed by atoms with Gasteiger partial charge in [-0.3, -0.25) is 0 Å². The molecule has 0 saturated heterocycles. The predicted molar refractivity (Wildman–Crippen MR) is 80.4 cm³/mol. The summed E-state index contributed by atoms with van der Waals surface area (Å²) < 4.78 is 10.5. The average Bonchev–Trinajstić information content (AvgIpc) is 2.47. The van der Waals surface area contributed by atoms with Gasteiger partial charge in [0.25, 0.3) is 0 Å². The van der Waals surface area contributed by atoms with E-state index in [1.807, 2.05) is 36.4 Å². The van der Waals surface area contributed by atoms with Crippen LogP contribution in [0.15, 0.2) is 51.7 Å². The Bertz CT molecular complexity index is 771. The van der Waals surface area contributed by atoms with E-state index >= 15 is 0 Å². The van der Waals surface area contributed by atoms with E-state index in [-0.39, 0.29) is 11.0 Å². The summed E-state index contributed by atoms with van der Waals surface area (Å²) in [5, 5.41) is 0.859. The Morgan fingerprint density at radius 3 is 2.90 bits per heavy atom. The van der Waals surface area contributed by atoms with E-state index in [4.69, 9.17) is 20.8 Å². The highest BCUT2D eigenvalue weighted by Crippen LogP contribution is 2.25. The summed E-state index contributed by atoms with van der Waals surface area (Å²) in [6.45, 7) is 0. The topological polar surface area (TPSA) is 39.4 Å². The van der Waals surface area contributed by atoms with E-state index < -0.39 is 0 Å². The van der Waals surface area contributed by atoms with Crippen LogP contribution in [-0.4, -0.2) is 12.5 Å². The molecule has 102 valence electrons. The second kappa shape index (κ2) is 5.17. The summed E-state index contributed by atoms with van der Waals surface area (Å²) >= 11 is 5.99. The van der Waals surface area contributed by atoms with Gasteiger partial charge in [0.05, 0.1) is 18.1 Å². The third-order valence-corrected chi connectivity index (χ3v) is 3.63. The van der Waals surface area contributed by atoms with Crippen molar-refractivity contribution < 1.29 is 9.15 Å². The maximum absolute atomic E-state index is 12.1. The molecule has 4 heteroatoms. The molecule has 0 spiro atoms. The number of allylic oxidation sites excluding steroid dienone is 4. The van der Waals surface area contributed by atoms with E-state index in [1.54, 1.807) is 13.2 Å². The first-order chi connectivity index (χ1) is 9.67. The van der Waals surface area contributed by atoms with Gasteiger partial charge in [0.15, 0.2) is 0 Å². The van der Waals surface area contributed by atoms with Gasteiger partial charge in [-0.25, -0.2) is 4.79 Å².